The Morgan fingerprint density at radius 2 is 1.96 bits per heavy atom. The Morgan fingerprint density at radius 3 is 2.58 bits per heavy atom. The van der Waals surface area contributed by atoms with E-state index >= 15 is 0 Å². The summed E-state index contributed by atoms with van der Waals surface area (Å²) in [5, 5.41) is 6.13. The maximum absolute atomic E-state index is 11.7. The van der Waals surface area contributed by atoms with E-state index in [-0.39, 0.29) is 5.91 Å². The smallest absolute Gasteiger partial charge is 0.251 e. The van der Waals surface area contributed by atoms with Crippen LogP contribution in [0.4, 0.5) is 0 Å². The van der Waals surface area contributed by atoms with E-state index in [2.05, 4.69) is 20.5 Å². The van der Waals surface area contributed by atoms with Gasteiger partial charge in [0.2, 0.25) is 0 Å². The number of fused-ring (bicyclic) bond motifs is 1. The number of amides is 1. The van der Waals surface area contributed by atoms with Gasteiger partial charge in [-0.3, -0.25) is 9.79 Å². The van der Waals surface area contributed by atoms with Gasteiger partial charge in [-0.05, 0) is 42.4 Å². The van der Waals surface area contributed by atoms with Crippen molar-refractivity contribution in [1.82, 2.24) is 15.5 Å². The topological polar surface area (TPSA) is 56.7 Å². The fourth-order valence-electron chi connectivity index (χ4n) is 4.06. The summed E-state index contributed by atoms with van der Waals surface area (Å²) < 4.78 is 0. The monoisotopic (exact) mass is 328 g/mol. The molecule has 1 aliphatic heterocycles. The summed E-state index contributed by atoms with van der Waals surface area (Å²) in [5.41, 5.74) is 1.79. The van der Waals surface area contributed by atoms with Crippen LogP contribution in [-0.4, -0.2) is 44.0 Å². The van der Waals surface area contributed by atoms with Crippen LogP contribution in [0.5, 0.6) is 0 Å². The molecule has 2 unspecified atom stereocenters. The van der Waals surface area contributed by atoms with Crippen molar-refractivity contribution in [3.63, 3.8) is 0 Å². The predicted molar refractivity (Wildman–Crippen MR) is 97.1 cm³/mol. The maximum atomic E-state index is 11.7. The predicted octanol–water partition coefficient (Wildman–Crippen LogP) is 2.24. The summed E-state index contributed by atoms with van der Waals surface area (Å²) in [4.78, 5) is 18.6. The molecule has 3 rings (SSSR count). The third-order valence-electron chi connectivity index (χ3n) is 5.35. The molecule has 1 aromatic carbocycles. The van der Waals surface area contributed by atoms with Crippen LogP contribution in [0.3, 0.4) is 0 Å². The highest BCUT2D eigenvalue weighted by atomic mass is 16.1. The van der Waals surface area contributed by atoms with Gasteiger partial charge in [-0.15, -0.1) is 0 Å². The van der Waals surface area contributed by atoms with Gasteiger partial charge in [0.1, 0.15) is 0 Å². The number of likely N-dealkylation sites (tertiary alicyclic amines) is 1. The molecule has 1 saturated carbocycles. The van der Waals surface area contributed by atoms with E-state index < -0.39 is 0 Å². The minimum absolute atomic E-state index is 0.0511. The molecule has 0 aromatic heterocycles. The second-order valence-corrected chi connectivity index (χ2v) is 6.89. The van der Waals surface area contributed by atoms with Gasteiger partial charge in [0.15, 0.2) is 5.96 Å². The quantitative estimate of drug-likeness (QED) is 0.661. The zero-order chi connectivity index (χ0) is 16.9. The average Bonchev–Trinajstić information content (AvgIpc) is 3.05. The summed E-state index contributed by atoms with van der Waals surface area (Å²) >= 11 is 0. The molecule has 24 heavy (non-hydrogen) atoms. The van der Waals surface area contributed by atoms with Crippen LogP contribution >= 0.6 is 0 Å². The first-order valence-electron chi connectivity index (χ1n) is 8.98. The fraction of sp³-hybridized carbons (Fsp3) is 0.579. The Kier molecular flexibility index (Phi) is 5.38. The maximum Gasteiger partial charge on any atom is 0.251 e. The molecular weight excluding hydrogens is 300 g/mol. The largest absolute Gasteiger partial charge is 0.355 e. The molecule has 1 saturated heterocycles. The summed E-state index contributed by atoms with van der Waals surface area (Å²) in [6, 6.07) is 7.73. The first-order valence-corrected chi connectivity index (χ1v) is 8.98. The number of hydrogen-bond donors (Lipinski definition) is 2. The standard InChI is InChI=1S/C19H28N4O/c1-20-18(24)15-9-5-6-14(10-15)11-22-19(21-2)23-12-16-7-3-4-8-17(16)13-23/h5-6,9-10,16-17H,3-4,7-8,11-13H2,1-2H3,(H,20,24)(H,21,22). The van der Waals surface area contributed by atoms with E-state index in [9.17, 15) is 4.79 Å². The molecule has 2 fully saturated rings. The van der Waals surface area contributed by atoms with Crippen molar-refractivity contribution in [3.8, 4) is 0 Å². The number of nitrogens with one attached hydrogen (secondary N) is 2. The van der Waals surface area contributed by atoms with Crippen molar-refractivity contribution in [3.05, 3.63) is 35.4 Å². The first kappa shape index (κ1) is 16.8. The summed E-state index contributed by atoms with van der Waals surface area (Å²) in [7, 11) is 3.51. The number of carbonyl (C=O) groups excluding carboxylic acids is 1. The number of nitrogens with zero attached hydrogens (tertiary/aromatic N) is 2. The molecule has 1 aromatic rings. The Morgan fingerprint density at radius 1 is 1.25 bits per heavy atom. The van der Waals surface area contributed by atoms with Gasteiger partial charge in [0.25, 0.3) is 5.91 Å². The summed E-state index contributed by atoms with van der Waals surface area (Å²) in [6.45, 7) is 2.94. The van der Waals surface area contributed by atoms with Crippen molar-refractivity contribution < 1.29 is 4.79 Å². The molecule has 0 radical (unpaired) electrons. The molecule has 0 bridgehead atoms. The molecule has 1 heterocycles. The molecule has 5 heteroatoms. The number of benzene rings is 1. The first-order chi connectivity index (χ1) is 11.7. The third-order valence-corrected chi connectivity index (χ3v) is 5.35. The van der Waals surface area contributed by atoms with Crippen LogP contribution in [0.15, 0.2) is 29.3 Å². The molecule has 5 nitrogen and oxygen atoms in total. The lowest BCUT2D eigenvalue weighted by molar-refractivity contribution is 0.0963. The molecule has 1 amide bonds. The Hall–Kier alpha value is -2.04. The Balaban J connectivity index is 1.60. The lowest BCUT2D eigenvalue weighted by Gasteiger charge is -2.22. The number of hydrogen-bond acceptors (Lipinski definition) is 2. The highest BCUT2D eigenvalue weighted by molar-refractivity contribution is 5.94. The molecule has 2 N–H and O–H groups in total. The number of aliphatic imine (C=N–C) groups is 1. The molecular formula is C19H28N4O. The van der Waals surface area contributed by atoms with Gasteiger partial charge in [-0.25, -0.2) is 0 Å². The minimum atomic E-state index is -0.0511. The van der Waals surface area contributed by atoms with Gasteiger partial charge >= 0.3 is 0 Å². The van der Waals surface area contributed by atoms with Crippen molar-refractivity contribution in [2.24, 2.45) is 16.8 Å². The summed E-state index contributed by atoms with van der Waals surface area (Å²) in [6.07, 6.45) is 5.50. The van der Waals surface area contributed by atoms with Crippen molar-refractivity contribution in [1.29, 1.82) is 0 Å². The highest BCUT2D eigenvalue weighted by Gasteiger charge is 2.35. The van der Waals surface area contributed by atoms with E-state index in [0.29, 0.717) is 12.1 Å². The van der Waals surface area contributed by atoms with Gasteiger partial charge in [-0.2, -0.15) is 0 Å². The number of carbonyl (C=O) groups is 1. The lowest BCUT2D eigenvalue weighted by atomic mass is 9.82. The van der Waals surface area contributed by atoms with Crippen LogP contribution in [-0.2, 0) is 6.54 Å². The fourth-order valence-corrected chi connectivity index (χ4v) is 4.06. The second-order valence-electron chi connectivity index (χ2n) is 6.89. The second kappa shape index (κ2) is 7.69. The number of guanidine groups is 1. The molecule has 2 aliphatic rings. The van der Waals surface area contributed by atoms with E-state index in [1.54, 1.807) is 7.05 Å². The van der Waals surface area contributed by atoms with E-state index in [1.165, 1.54) is 25.7 Å². The van der Waals surface area contributed by atoms with Gasteiger partial charge in [-0.1, -0.05) is 25.0 Å². The molecule has 0 spiro atoms. The normalized spacial score (nSPS) is 23.8. The zero-order valence-corrected chi connectivity index (χ0v) is 14.7. The van der Waals surface area contributed by atoms with Crippen LogP contribution in [0, 0.1) is 11.8 Å². The van der Waals surface area contributed by atoms with E-state index in [0.717, 1.165) is 36.4 Å². The van der Waals surface area contributed by atoms with Crippen molar-refractivity contribution >= 4 is 11.9 Å². The van der Waals surface area contributed by atoms with Crippen LogP contribution < -0.4 is 10.6 Å². The molecule has 2 atom stereocenters. The van der Waals surface area contributed by atoms with Gasteiger partial charge < -0.3 is 15.5 Å². The molecule has 130 valence electrons. The van der Waals surface area contributed by atoms with Crippen LogP contribution in [0.2, 0.25) is 0 Å². The summed E-state index contributed by atoms with van der Waals surface area (Å²) in [5.74, 6) is 2.61. The SMILES string of the molecule is CN=C(NCc1cccc(C(=O)NC)c1)N1CC2CCCCC2C1. The van der Waals surface area contributed by atoms with Crippen molar-refractivity contribution in [2.75, 3.05) is 27.2 Å². The van der Waals surface area contributed by atoms with Crippen LogP contribution in [0.1, 0.15) is 41.6 Å². The number of rotatable bonds is 3. The lowest BCUT2D eigenvalue weighted by Crippen LogP contribution is -2.39. The zero-order valence-electron chi connectivity index (χ0n) is 14.7. The highest BCUT2D eigenvalue weighted by Crippen LogP contribution is 2.35. The minimum Gasteiger partial charge on any atom is -0.355 e. The van der Waals surface area contributed by atoms with E-state index in [4.69, 9.17) is 0 Å². The van der Waals surface area contributed by atoms with Crippen molar-refractivity contribution in [2.45, 2.75) is 32.2 Å². The molecule has 1 aliphatic carbocycles. The third kappa shape index (κ3) is 3.71. The van der Waals surface area contributed by atoms with E-state index in [1.807, 2.05) is 31.3 Å². The Labute approximate surface area is 144 Å². The average molecular weight is 328 g/mol. The van der Waals surface area contributed by atoms with Gasteiger partial charge in [0.05, 0.1) is 0 Å². The van der Waals surface area contributed by atoms with Gasteiger partial charge in [0, 0.05) is 39.3 Å². The Bertz CT molecular complexity index is 599. The van der Waals surface area contributed by atoms with Crippen LogP contribution in [0.25, 0.3) is 0 Å².